The van der Waals surface area contributed by atoms with Gasteiger partial charge in [-0.15, -0.1) is 11.3 Å². The number of carbonyl (C=O) groups excluding carboxylic acids is 1. The Morgan fingerprint density at radius 1 is 1.30 bits per heavy atom. The number of aromatic nitrogens is 2. The third-order valence-corrected chi connectivity index (χ3v) is 4.19. The zero-order valence-electron chi connectivity index (χ0n) is 11.1. The van der Waals surface area contributed by atoms with E-state index in [1.54, 1.807) is 13.1 Å². The van der Waals surface area contributed by atoms with Gasteiger partial charge in [0.2, 0.25) is 0 Å². The Hall–Kier alpha value is -2.27. The highest BCUT2D eigenvalue weighted by atomic mass is 32.1. The van der Waals surface area contributed by atoms with Gasteiger partial charge in [-0.2, -0.15) is 0 Å². The number of pyridine rings is 1. The van der Waals surface area contributed by atoms with Crippen LogP contribution in [-0.2, 0) is 4.74 Å². The number of fused-ring (bicyclic) bond motifs is 1. The Labute approximate surface area is 120 Å². The van der Waals surface area contributed by atoms with Gasteiger partial charge >= 0.3 is 5.97 Å². The summed E-state index contributed by atoms with van der Waals surface area (Å²) in [5, 5.41) is 1.83. The summed E-state index contributed by atoms with van der Waals surface area (Å²) in [7, 11) is 1.37. The lowest BCUT2D eigenvalue weighted by atomic mass is 10.2. The number of carbonyl (C=O) groups is 1. The maximum absolute atomic E-state index is 11.6. The van der Waals surface area contributed by atoms with E-state index in [9.17, 15) is 4.79 Å². The SMILES string of the molecule is COC(=O)c1sc(-c2cnc3ccccc3c2)nc1C. The van der Waals surface area contributed by atoms with Gasteiger partial charge < -0.3 is 4.74 Å². The first kappa shape index (κ1) is 12.7. The van der Waals surface area contributed by atoms with E-state index in [1.165, 1.54) is 18.4 Å². The molecule has 100 valence electrons. The molecule has 5 heteroatoms. The largest absolute Gasteiger partial charge is 0.465 e. The molecule has 2 aromatic heterocycles. The number of ether oxygens (including phenoxy) is 1. The number of thiazole rings is 1. The smallest absolute Gasteiger partial charge is 0.349 e. The number of nitrogens with zero attached hydrogens (tertiary/aromatic N) is 2. The first-order valence-corrected chi connectivity index (χ1v) is 6.91. The summed E-state index contributed by atoms with van der Waals surface area (Å²) in [6.45, 7) is 1.81. The maximum atomic E-state index is 11.6. The van der Waals surface area contributed by atoms with Crippen LogP contribution in [0.4, 0.5) is 0 Å². The van der Waals surface area contributed by atoms with Crippen LogP contribution in [0.1, 0.15) is 15.4 Å². The Kier molecular flexibility index (Phi) is 3.20. The van der Waals surface area contributed by atoms with Gasteiger partial charge in [-0.25, -0.2) is 9.78 Å². The van der Waals surface area contributed by atoms with Gasteiger partial charge in [0.05, 0.1) is 18.3 Å². The van der Waals surface area contributed by atoms with Crippen molar-refractivity contribution in [3.63, 3.8) is 0 Å². The van der Waals surface area contributed by atoms with Crippen molar-refractivity contribution in [3.8, 4) is 10.6 Å². The summed E-state index contributed by atoms with van der Waals surface area (Å²) in [5.41, 5.74) is 2.54. The lowest BCUT2D eigenvalue weighted by Crippen LogP contribution is -1.99. The van der Waals surface area contributed by atoms with E-state index in [-0.39, 0.29) is 5.97 Å². The van der Waals surface area contributed by atoms with Gasteiger partial charge in [0, 0.05) is 17.1 Å². The fourth-order valence-electron chi connectivity index (χ4n) is 1.99. The molecule has 20 heavy (non-hydrogen) atoms. The first-order chi connectivity index (χ1) is 9.69. The van der Waals surface area contributed by atoms with Crippen molar-refractivity contribution in [2.75, 3.05) is 7.11 Å². The molecule has 0 radical (unpaired) electrons. The third-order valence-electron chi connectivity index (χ3n) is 3.00. The van der Waals surface area contributed by atoms with Gasteiger partial charge in [0.1, 0.15) is 9.88 Å². The average Bonchev–Trinajstić information content (AvgIpc) is 2.88. The number of para-hydroxylation sites is 1. The minimum absolute atomic E-state index is 0.347. The lowest BCUT2D eigenvalue weighted by molar-refractivity contribution is 0.0605. The predicted octanol–water partition coefficient (Wildman–Crippen LogP) is 3.45. The molecule has 1 aromatic carbocycles. The standard InChI is InChI=1S/C15H12N2O2S/c1-9-13(15(18)19-2)20-14(17-9)11-7-10-5-3-4-6-12(10)16-8-11/h3-8H,1-2H3. The van der Waals surface area contributed by atoms with E-state index >= 15 is 0 Å². The highest BCUT2D eigenvalue weighted by molar-refractivity contribution is 7.17. The Morgan fingerprint density at radius 2 is 2.10 bits per heavy atom. The molecule has 0 aliphatic carbocycles. The van der Waals surface area contributed by atoms with Crippen molar-refractivity contribution in [3.05, 3.63) is 47.1 Å². The second-order valence-electron chi connectivity index (χ2n) is 4.34. The van der Waals surface area contributed by atoms with Gasteiger partial charge in [-0.3, -0.25) is 4.98 Å². The van der Waals surface area contributed by atoms with E-state index in [0.29, 0.717) is 10.6 Å². The highest BCUT2D eigenvalue weighted by Crippen LogP contribution is 2.29. The topological polar surface area (TPSA) is 52.1 Å². The molecule has 0 spiro atoms. The molecule has 0 amide bonds. The summed E-state index contributed by atoms with van der Waals surface area (Å²) in [5.74, 6) is -0.347. The third kappa shape index (κ3) is 2.16. The number of rotatable bonds is 2. The summed E-state index contributed by atoms with van der Waals surface area (Å²) < 4.78 is 4.75. The quantitative estimate of drug-likeness (QED) is 0.676. The molecule has 3 rings (SSSR count). The molecule has 0 saturated carbocycles. The van der Waals surface area contributed by atoms with E-state index in [1.807, 2.05) is 30.3 Å². The van der Waals surface area contributed by atoms with Crippen molar-refractivity contribution in [1.29, 1.82) is 0 Å². The molecule has 0 aliphatic heterocycles. The van der Waals surface area contributed by atoms with Crippen LogP contribution in [0.25, 0.3) is 21.5 Å². The van der Waals surface area contributed by atoms with Crippen molar-refractivity contribution >= 4 is 28.2 Å². The Morgan fingerprint density at radius 3 is 2.90 bits per heavy atom. The van der Waals surface area contributed by atoms with Crippen LogP contribution in [0.2, 0.25) is 0 Å². The predicted molar refractivity (Wildman–Crippen MR) is 78.9 cm³/mol. The van der Waals surface area contributed by atoms with Crippen LogP contribution in [0.3, 0.4) is 0 Å². The molecule has 2 heterocycles. The number of methoxy groups -OCH3 is 1. The second-order valence-corrected chi connectivity index (χ2v) is 5.34. The van der Waals surface area contributed by atoms with E-state index < -0.39 is 0 Å². The van der Waals surface area contributed by atoms with E-state index in [0.717, 1.165) is 21.5 Å². The van der Waals surface area contributed by atoms with Crippen molar-refractivity contribution < 1.29 is 9.53 Å². The number of hydrogen-bond acceptors (Lipinski definition) is 5. The molecule has 0 N–H and O–H groups in total. The number of esters is 1. The Bertz CT molecular complexity index is 795. The van der Waals surface area contributed by atoms with Crippen LogP contribution in [0.5, 0.6) is 0 Å². The average molecular weight is 284 g/mol. The fourth-order valence-corrected chi connectivity index (χ4v) is 2.96. The van der Waals surface area contributed by atoms with Gasteiger partial charge in [-0.05, 0) is 19.1 Å². The lowest BCUT2D eigenvalue weighted by Gasteiger charge is -1.99. The minimum atomic E-state index is -0.347. The monoisotopic (exact) mass is 284 g/mol. The van der Waals surface area contributed by atoms with Crippen molar-refractivity contribution in [2.24, 2.45) is 0 Å². The van der Waals surface area contributed by atoms with Crippen LogP contribution in [0.15, 0.2) is 36.5 Å². The highest BCUT2D eigenvalue weighted by Gasteiger charge is 2.16. The second kappa shape index (κ2) is 5.02. The van der Waals surface area contributed by atoms with Crippen LogP contribution >= 0.6 is 11.3 Å². The molecule has 0 atom stereocenters. The summed E-state index contributed by atoms with van der Waals surface area (Å²) in [6.07, 6.45) is 1.78. The zero-order valence-corrected chi connectivity index (χ0v) is 11.9. The molecular formula is C15H12N2O2S. The minimum Gasteiger partial charge on any atom is -0.465 e. The molecular weight excluding hydrogens is 272 g/mol. The van der Waals surface area contributed by atoms with Gasteiger partial charge in [0.15, 0.2) is 0 Å². The number of hydrogen-bond donors (Lipinski definition) is 0. The van der Waals surface area contributed by atoms with Crippen molar-refractivity contribution in [1.82, 2.24) is 9.97 Å². The van der Waals surface area contributed by atoms with Gasteiger partial charge in [0.25, 0.3) is 0 Å². The number of benzene rings is 1. The molecule has 0 unspecified atom stereocenters. The molecule has 0 aliphatic rings. The molecule has 0 saturated heterocycles. The first-order valence-electron chi connectivity index (χ1n) is 6.10. The molecule has 3 aromatic rings. The molecule has 4 nitrogen and oxygen atoms in total. The molecule has 0 fully saturated rings. The summed E-state index contributed by atoms with van der Waals surface area (Å²) in [4.78, 5) is 21.0. The van der Waals surface area contributed by atoms with Crippen LogP contribution in [-0.4, -0.2) is 23.0 Å². The Balaban J connectivity index is 2.09. The van der Waals surface area contributed by atoms with Crippen molar-refractivity contribution in [2.45, 2.75) is 6.92 Å². The van der Waals surface area contributed by atoms with E-state index in [4.69, 9.17) is 4.74 Å². The maximum Gasteiger partial charge on any atom is 0.349 e. The van der Waals surface area contributed by atoms with Gasteiger partial charge in [-0.1, -0.05) is 18.2 Å². The zero-order chi connectivity index (χ0) is 14.1. The molecule has 0 bridgehead atoms. The normalized spacial score (nSPS) is 10.7. The fraction of sp³-hybridized carbons (Fsp3) is 0.133. The summed E-state index contributed by atoms with van der Waals surface area (Å²) >= 11 is 1.33. The van der Waals surface area contributed by atoms with Crippen LogP contribution < -0.4 is 0 Å². The van der Waals surface area contributed by atoms with E-state index in [2.05, 4.69) is 9.97 Å². The number of aryl methyl sites for hydroxylation is 1. The van der Waals surface area contributed by atoms with Crippen LogP contribution in [0, 0.1) is 6.92 Å². The summed E-state index contributed by atoms with van der Waals surface area (Å²) in [6, 6.07) is 9.93.